The average molecular weight is 516 g/mol. The minimum Gasteiger partial charge on any atom is -0.478 e. The summed E-state index contributed by atoms with van der Waals surface area (Å²) < 4.78 is 27.3. The largest absolute Gasteiger partial charge is 0.478 e. The molecule has 0 aliphatic carbocycles. The lowest BCUT2D eigenvalue weighted by Gasteiger charge is -2.21. The number of rotatable bonds is 11. The summed E-state index contributed by atoms with van der Waals surface area (Å²) in [5, 5.41) is 14.3. The number of aromatic carboxylic acids is 1. The number of carboxylic acid groups (broad SMARTS) is 1. The van der Waals surface area contributed by atoms with Gasteiger partial charge in [0.1, 0.15) is 9.58 Å². The average Bonchev–Trinajstić information content (AvgIpc) is 3.18. The van der Waals surface area contributed by atoms with E-state index >= 15 is 0 Å². The Balaban J connectivity index is 1.82. The zero-order valence-electron chi connectivity index (χ0n) is 19.9. The third-order valence-electron chi connectivity index (χ3n) is 5.44. The van der Waals surface area contributed by atoms with E-state index in [0.717, 1.165) is 28.2 Å². The molecular weight excluding hydrogens is 486 g/mol. The number of anilines is 2. The van der Waals surface area contributed by atoms with Crippen molar-refractivity contribution in [3.63, 3.8) is 0 Å². The lowest BCUT2D eigenvalue weighted by atomic mass is 10.0. The van der Waals surface area contributed by atoms with E-state index in [4.69, 9.17) is 5.11 Å². The third kappa shape index (κ3) is 6.67. The molecule has 3 rings (SSSR count). The van der Waals surface area contributed by atoms with Crippen molar-refractivity contribution in [3.8, 4) is 0 Å². The van der Waals surface area contributed by atoms with Crippen LogP contribution < -0.4 is 10.6 Å². The maximum Gasteiger partial charge on any atom is 0.335 e. The number of hydrogen-bond donors (Lipinski definition) is 3. The standard InChI is InChI=1S/C25H29N3O5S2/c1-4-7-22(35(32,33)24-16(2)26-25(34-24)27-17(3)29)28-21-9-6-5-8-19(21)13-10-18-11-14-20(15-12-18)23(30)31/h5-6,8-9,11-12,14-15,22,28H,4,7,10,13H2,1-3H3,(H,30,31)(H,26,27,29). The second kappa shape index (κ2) is 11.5. The van der Waals surface area contributed by atoms with E-state index in [1.54, 1.807) is 31.2 Å². The van der Waals surface area contributed by atoms with E-state index in [2.05, 4.69) is 15.6 Å². The lowest BCUT2D eigenvalue weighted by molar-refractivity contribution is -0.114. The first-order chi connectivity index (χ1) is 16.6. The summed E-state index contributed by atoms with van der Waals surface area (Å²) in [7, 11) is -3.77. The number of hydrogen-bond acceptors (Lipinski definition) is 7. The van der Waals surface area contributed by atoms with Gasteiger partial charge in [0.15, 0.2) is 5.13 Å². The van der Waals surface area contributed by atoms with Gasteiger partial charge in [-0.15, -0.1) is 0 Å². The summed E-state index contributed by atoms with van der Waals surface area (Å²) in [5.41, 5.74) is 3.29. The molecule has 35 heavy (non-hydrogen) atoms. The van der Waals surface area contributed by atoms with Crippen molar-refractivity contribution in [2.24, 2.45) is 0 Å². The van der Waals surface area contributed by atoms with Gasteiger partial charge in [-0.25, -0.2) is 18.2 Å². The molecule has 0 aliphatic heterocycles. The molecule has 1 atom stereocenters. The van der Waals surface area contributed by atoms with Crippen LogP contribution in [0.3, 0.4) is 0 Å². The van der Waals surface area contributed by atoms with E-state index in [1.165, 1.54) is 6.92 Å². The number of aromatic nitrogens is 1. The van der Waals surface area contributed by atoms with Gasteiger partial charge >= 0.3 is 5.97 Å². The van der Waals surface area contributed by atoms with Crippen molar-refractivity contribution in [2.45, 2.75) is 56.0 Å². The summed E-state index contributed by atoms with van der Waals surface area (Å²) in [6.07, 6.45) is 2.39. The lowest BCUT2D eigenvalue weighted by Crippen LogP contribution is -2.30. The number of nitrogens with zero attached hydrogens (tertiary/aromatic N) is 1. The van der Waals surface area contributed by atoms with Gasteiger partial charge in [0.2, 0.25) is 15.7 Å². The number of benzene rings is 2. The Morgan fingerprint density at radius 1 is 1.09 bits per heavy atom. The van der Waals surface area contributed by atoms with Crippen molar-refractivity contribution >= 4 is 43.9 Å². The molecule has 0 spiro atoms. The Labute approximate surface area is 209 Å². The number of thiazole rings is 1. The van der Waals surface area contributed by atoms with Crippen LogP contribution >= 0.6 is 11.3 Å². The molecule has 1 amide bonds. The van der Waals surface area contributed by atoms with E-state index in [1.807, 2.05) is 31.2 Å². The molecule has 8 nitrogen and oxygen atoms in total. The number of aryl methyl sites for hydroxylation is 3. The first-order valence-electron chi connectivity index (χ1n) is 11.3. The Hall–Kier alpha value is -3.24. The normalized spacial score (nSPS) is 12.2. The first kappa shape index (κ1) is 26.4. The predicted molar refractivity (Wildman–Crippen MR) is 138 cm³/mol. The van der Waals surface area contributed by atoms with Gasteiger partial charge in [0.05, 0.1) is 11.3 Å². The molecule has 0 saturated heterocycles. The molecule has 3 aromatic rings. The van der Waals surface area contributed by atoms with E-state index < -0.39 is 21.2 Å². The monoisotopic (exact) mass is 515 g/mol. The molecule has 186 valence electrons. The quantitative estimate of drug-likeness (QED) is 0.331. The fraction of sp³-hybridized carbons (Fsp3) is 0.320. The molecule has 1 heterocycles. The minimum atomic E-state index is -3.77. The molecule has 0 saturated carbocycles. The molecular formula is C25H29N3O5S2. The zero-order chi connectivity index (χ0) is 25.6. The Morgan fingerprint density at radius 2 is 1.77 bits per heavy atom. The number of carboxylic acids is 1. The predicted octanol–water partition coefficient (Wildman–Crippen LogP) is 4.91. The SMILES string of the molecule is CCCC(Nc1ccccc1CCc1ccc(C(=O)O)cc1)S(=O)(=O)c1sc(NC(C)=O)nc1C. The molecule has 0 bridgehead atoms. The van der Waals surface area contributed by atoms with Crippen LogP contribution in [0, 0.1) is 6.92 Å². The number of para-hydroxylation sites is 1. The summed E-state index contributed by atoms with van der Waals surface area (Å²) in [6, 6.07) is 14.3. The van der Waals surface area contributed by atoms with Crippen LogP contribution in [0.5, 0.6) is 0 Å². The number of amides is 1. The second-order valence-electron chi connectivity index (χ2n) is 8.20. The van der Waals surface area contributed by atoms with Crippen molar-refractivity contribution in [1.29, 1.82) is 0 Å². The van der Waals surface area contributed by atoms with Crippen LogP contribution in [-0.2, 0) is 27.5 Å². The third-order valence-corrected chi connectivity index (χ3v) is 9.17. The van der Waals surface area contributed by atoms with Gasteiger partial charge in [-0.3, -0.25) is 4.79 Å². The summed E-state index contributed by atoms with van der Waals surface area (Å²) in [5.74, 6) is -1.27. The maximum atomic E-state index is 13.6. The van der Waals surface area contributed by atoms with Crippen molar-refractivity contribution in [2.75, 3.05) is 10.6 Å². The molecule has 1 aromatic heterocycles. The smallest absolute Gasteiger partial charge is 0.335 e. The van der Waals surface area contributed by atoms with Crippen molar-refractivity contribution < 1.29 is 23.1 Å². The molecule has 3 N–H and O–H groups in total. The fourth-order valence-corrected chi connectivity index (χ4v) is 7.03. The van der Waals surface area contributed by atoms with Crippen LogP contribution in [0.1, 0.15) is 53.9 Å². The molecule has 0 aliphatic rings. The Kier molecular flexibility index (Phi) is 8.63. The highest BCUT2D eigenvalue weighted by Gasteiger charge is 2.31. The van der Waals surface area contributed by atoms with Gasteiger partial charge in [0, 0.05) is 12.6 Å². The highest BCUT2D eigenvalue weighted by atomic mass is 32.2. The number of nitrogens with one attached hydrogen (secondary N) is 2. The maximum absolute atomic E-state index is 13.6. The van der Waals surface area contributed by atoms with E-state index in [9.17, 15) is 18.0 Å². The summed E-state index contributed by atoms with van der Waals surface area (Å²) >= 11 is 0.962. The second-order valence-corrected chi connectivity index (χ2v) is 11.5. The summed E-state index contributed by atoms with van der Waals surface area (Å²) in [6.45, 7) is 4.91. The number of carbonyl (C=O) groups excluding carboxylic acids is 1. The van der Waals surface area contributed by atoms with E-state index in [0.29, 0.717) is 31.4 Å². The Bertz CT molecular complexity index is 1300. The van der Waals surface area contributed by atoms with Crippen LogP contribution in [-0.4, -0.2) is 35.8 Å². The van der Waals surface area contributed by atoms with Crippen LogP contribution in [0.15, 0.2) is 52.7 Å². The molecule has 1 unspecified atom stereocenters. The van der Waals surface area contributed by atoms with Crippen molar-refractivity contribution in [1.82, 2.24) is 4.98 Å². The topological polar surface area (TPSA) is 125 Å². The van der Waals surface area contributed by atoms with Crippen molar-refractivity contribution in [3.05, 3.63) is 70.9 Å². The molecule has 10 heteroatoms. The van der Waals surface area contributed by atoms with Crippen LogP contribution in [0.25, 0.3) is 0 Å². The van der Waals surface area contributed by atoms with Gasteiger partial charge in [-0.05, 0) is 55.5 Å². The zero-order valence-corrected chi connectivity index (χ0v) is 21.5. The van der Waals surface area contributed by atoms with Gasteiger partial charge < -0.3 is 15.7 Å². The number of carbonyl (C=O) groups is 2. The van der Waals surface area contributed by atoms with Crippen LogP contribution in [0.4, 0.5) is 10.8 Å². The van der Waals surface area contributed by atoms with E-state index in [-0.39, 0.29) is 20.8 Å². The highest BCUT2D eigenvalue weighted by Crippen LogP contribution is 2.32. The first-order valence-corrected chi connectivity index (χ1v) is 13.6. The highest BCUT2D eigenvalue weighted by molar-refractivity contribution is 7.94. The van der Waals surface area contributed by atoms with Gasteiger partial charge in [-0.1, -0.05) is 55.0 Å². The number of sulfone groups is 1. The fourth-order valence-electron chi connectivity index (χ4n) is 3.69. The molecule has 2 aromatic carbocycles. The van der Waals surface area contributed by atoms with Crippen LogP contribution in [0.2, 0.25) is 0 Å². The molecule has 0 fully saturated rings. The van der Waals surface area contributed by atoms with Gasteiger partial charge in [0.25, 0.3) is 0 Å². The Morgan fingerprint density at radius 3 is 2.40 bits per heavy atom. The molecule has 0 radical (unpaired) electrons. The minimum absolute atomic E-state index is 0.142. The van der Waals surface area contributed by atoms with Gasteiger partial charge in [-0.2, -0.15) is 0 Å². The summed E-state index contributed by atoms with van der Waals surface area (Å²) in [4.78, 5) is 26.6.